The minimum Gasteiger partial charge on any atom is -0.389 e. The third-order valence-electron chi connectivity index (χ3n) is 3.47. The zero-order chi connectivity index (χ0) is 12.5. The molecule has 1 amide bonds. The van der Waals surface area contributed by atoms with Gasteiger partial charge in [-0.1, -0.05) is 0 Å². The molecule has 98 valence electrons. The zero-order valence-corrected chi connectivity index (χ0v) is 10.3. The summed E-state index contributed by atoms with van der Waals surface area (Å²) in [5.74, 6) is -0.00329. The lowest BCUT2D eigenvalue weighted by atomic mass is 10.3. The number of hydrogen-bond acceptors (Lipinski definition) is 3. The minimum atomic E-state index is -0.583. The molecule has 2 fully saturated rings. The number of aliphatic hydroxyl groups is 1. The predicted molar refractivity (Wildman–Crippen MR) is 65.4 cm³/mol. The molecular formula is C13H18N2O3. The first-order valence-electron chi connectivity index (χ1n) is 6.47. The molecule has 0 spiro atoms. The van der Waals surface area contributed by atoms with E-state index in [4.69, 9.17) is 4.74 Å². The fourth-order valence-electron chi connectivity index (χ4n) is 2.39. The van der Waals surface area contributed by atoms with E-state index >= 15 is 0 Å². The maximum absolute atomic E-state index is 12.5. The van der Waals surface area contributed by atoms with E-state index in [2.05, 4.69) is 4.57 Å². The van der Waals surface area contributed by atoms with Crippen LogP contribution in [0.1, 0.15) is 29.4 Å². The summed E-state index contributed by atoms with van der Waals surface area (Å²) in [6, 6.07) is 4.27. The smallest absolute Gasteiger partial charge is 0.270 e. The van der Waals surface area contributed by atoms with E-state index in [9.17, 15) is 9.90 Å². The predicted octanol–water partition coefficient (Wildman–Crippen LogP) is 0.656. The highest BCUT2D eigenvalue weighted by molar-refractivity contribution is 5.93. The van der Waals surface area contributed by atoms with Gasteiger partial charge in [0, 0.05) is 25.3 Å². The number of amides is 1. The third kappa shape index (κ3) is 2.28. The summed E-state index contributed by atoms with van der Waals surface area (Å²) < 4.78 is 7.30. The maximum Gasteiger partial charge on any atom is 0.270 e. The lowest BCUT2D eigenvalue weighted by molar-refractivity contribution is 0.0531. The Labute approximate surface area is 106 Å². The van der Waals surface area contributed by atoms with Gasteiger partial charge in [-0.25, -0.2) is 0 Å². The minimum absolute atomic E-state index is 0.00329. The van der Waals surface area contributed by atoms with Crippen LogP contribution in [0.4, 0.5) is 0 Å². The summed E-state index contributed by atoms with van der Waals surface area (Å²) >= 11 is 0. The monoisotopic (exact) mass is 250 g/mol. The van der Waals surface area contributed by atoms with Crippen LogP contribution in [0.25, 0.3) is 0 Å². The molecule has 1 aliphatic carbocycles. The Bertz CT molecular complexity index is 439. The molecular weight excluding hydrogens is 232 g/mol. The Hall–Kier alpha value is -1.33. The van der Waals surface area contributed by atoms with Crippen LogP contribution in [-0.2, 0) is 4.74 Å². The van der Waals surface area contributed by atoms with Crippen LogP contribution < -0.4 is 0 Å². The molecule has 18 heavy (non-hydrogen) atoms. The first kappa shape index (κ1) is 11.7. The molecule has 1 aromatic rings. The van der Waals surface area contributed by atoms with E-state index in [-0.39, 0.29) is 5.91 Å². The second kappa shape index (κ2) is 4.74. The van der Waals surface area contributed by atoms with E-state index in [1.54, 1.807) is 4.90 Å². The Balaban J connectivity index is 1.78. The molecule has 1 saturated heterocycles. The average molecular weight is 250 g/mol. The van der Waals surface area contributed by atoms with Crippen molar-refractivity contribution < 1.29 is 14.6 Å². The van der Waals surface area contributed by atoms with Gasteiger partial charge >= 0.3 is 0 Å². The van der Waals surface area contributed by atoms with Gasteiger partial charge in [-0.05, 0) is 25.0 Å². The summed E-state index contributed by atoms with van der Waals surface area (Å²) in [6.07, 6.45) is 3.69. The summed E-state index contributed by atoms with van der Waals surface area (Å²) in [6.45, 7) is 1.71. The highest BCUT2D eigenvalue weighted by atomic mass is 16.5. The van der Waals surface area contributed by atoms with Gasteiger partial charge in [0.25, 0.3) is 5.91 Å². The average Bonchev–Trinajstić information content (AvgIpc) is 3.13. The van der Waals surface area contributed by atoms with Gasteiger partial charge in [-0.15, -0.1) is 0 Å². The largest absolute Gasteiger partial charge is 0.389 e. The van der Waals surface area contributed by atoms with Crippen molar-refractivity contribution in [2.75, 3.05) is 26.3 Å². The van der Waals surface area contributed by atoms with Gasteiger partial charge in [-0.2, -0.15) is 0 Å². The van der Waals surface area contributed by atoms with Crippen molar-refractivity contribution in [2.24, 2.45) is 0 Å². The molecule has 0 radical (unpaired) electrons. The molecule has 1 aliphatic heterocycles. The van der Waals surface area contributed by atoms with Crippen LogP contribution in [0.5, 0.6) is 0 Å². The SMILES string of the molecule is O=C(c1cccn1C1CC1)N1CCOCC(O)C1. The van der Waals surface area contributed by atoms with Crippen molar-refractivity contribution in [3.8, 4) is 0 Å². The molecule has 3 rings (SSSR count). The van der Waals surface area contributed by atoms with Gasteiger partial charge in [0.2, 0.25) is 0 Å². The van der Waals surface area contributed by atoms with E-state index in [0.29, 0.717) is 32.3 Å². The fourth-order valence-corrected chi connectivity index (χ4v) is 2.39. The van der Waals surface area contributed by atoms with Crippen LogP contribution in [-0.4, -0.2) is 52.9 Å². The Morgan fingerprint density at radius 1 is 1.44 bits per heavy atom. The highest BCUT2D eigenvalue weighted by Gasteiger charge is 2.29. The number of ether oxygens (including phenoxy) is 1. The topological polar surface area (TPSA) is 54.7 Å². The van der Waals surface area contributed by atoms with E-state index in [0.717, 1.165) is 18.5 Å². The Morgan fingerprint density at radius 3 is 3.06 bits per heavy atom. The first-order valence-corrected chi connectivity index (χ1v) is 6.47. The van der Waals surface area contributed by atoms with Crippen molar-refractivity contribution in [1.29, 1.82) is 0 Å². The van der Waals surface area contributed by atoms with Crippen molar-refractivity contribution in [3.63, 3.8) is 0 Å². The van der Waals surface area contributed by atoms with Crippen molar-refractivity contribution in [1.82, 2.24) is 9.47 Å². The zero-order valence-electron chi connectivity index (χ0n) is 10.3. The third-order valence-corrected chi connectivity index (χ3v) is 3.47. The molecule has 2 aliphatic rings. The summed E-state index contributed by atoms with van der Waals surface area (Å²) in [5, 5.41) is 9.67. The maximum atomic E-state index is 12.5. The molecule has 0 bridgehead atoms. The van der Waals surface area contributed by atoms with Crippen LogP contribution >= 0.6 is 0 Å². The molecule has 2 heterocycles. The first-order chi connectivity index (χ1) is 8.75. The fraction of sp³-hybridized carbons (Fsp3) is 0.615. The molecule has 1 N–H and O–H groups in total. The molecule has 5 nitrogen and oxygen atoms in total. The molecule has 1 unspecified atom stereocenters. The number of carbonyl (C=O) groups is 1. The van der Waals surface area contributed by atoms with E-state index in [1.807, 2.05) is 18.3 Å². The number of hydrogen-bond donors (Lipinski definition) is 1. The molecule has 0 aromatic carbocycles. The lowest BCUT2D eigenvalue weighted by Crippen LogP contribution is -2.38. The van der Waals surface area contributed by atoms with Crippen molar-refractivity contribution in [3.05, 3.63) is 24.0 Å². The van der Waals surface area contributed by atoms with E-state index < -0.39 is 6.10 Å². The summed E-state index contributed by atoms with van der Waals surface area (Å²) in [5.41, 5.74) is 0.728. The molecule has 1 atom stereocenters. The second-order valence-electron chi connectivity index (χ2n) is 5.01. The lowest BCUT2D eigenvalue weighted by Gasteiger charge is -2.22. The van der Waals surface area contributed by atoms with Gasteiger partial charge < -0.3 is 19.3 Å². The van der Waals surface area contributed by atoms with Crippen LogP contribution in [0.2, 0.25) is 0 Å². The van der Waals surface area contributed by atoms with Crippen molar-refractivity contribution in [2.45, 2.75) is 25.0 Å². The normalized spacial score (nSPS) is 24.9. The molecule has 1 aromatic heterocycles. The standard InChI is InChI=1S/C13H18N2O3/c16-11-8-14(6-7-18-9-11)13(17)12-2-1-5-15(12)10-3-4-10/h1-2,5,10-11,16H,3-4,6-9H2. The Kier molecular flexibility index (Phi) is 3.09. The number of aliphatic hydroxyl groups excluding tert-OH is 1. The van der Waals surface area contributed by atoms with E-state index in [1.165, 1.54) is 0 Å². The summed E-state index contributed by atoms with van der Waals surface area (Å²) in [4.78, 5) is 14.1. The number of β-amino-alcohol motifs (C(OH)–C–C–N with tert-alkyl or cyclic N) is 1. The quantitative estimate of drug-likeness (QED) is 0.838. The molecule has 1 saturated carbocycles. The number of carbonyl (C=O) groups excluding carboxylic acids is 1. The highest BCUT2D eigenvalue weighted by Crippen LogP contribution is 2.36. The van der Waals surface area contributed by atoms with Crippen molar-refractivity contribution >= 4 is 5.91 Å². The Morgan fingerprint density at radius 2 is 2.28 bits per heavy atom. The number of aromatic nitrogens is 1. The number of rotatable bonds is 2. The van der Waals surface area contributed by atoms with Gasteiger partial charge in [-0.3, -0.25) is 4.79 Å². The van der Waals surface area contributed by atoms with Gasteiger partial charge in [0.1, 0.15) is 5.69 Å². The van der Waals surface area contributed by atoms with Crippen LogP contribution in [0, 0.1) is 0 Å². The summed E-state index contributed by atoms with van der Waals surface area (Å²) in [7, 11) is 0. The second-order valence-corrected chi connectivity index (χ2v) is 5.01. The van der Waals surface area contributed by atoms with Crippen LogP contribution in [0.15, 0.2) is 18.3 Å². The number of nitrogens with zero attached hydrogens (tertiary/aromatic N) is 2. The van der Waals surface area contributed by atoms with Crippen LogP contribution in [0.3, 0.4) is 0 Å². The van der Waals surface area contributed by atoms with Gasteiger partial charge in [0.05, 0.1) is 19.3 Å². The molecule has 5 heteroatoms. The van der Waals surface area contributed by atoms with Gasteiger partial charge in [0.15, 0.2) is 0 Å².